The minimum Gasteiger partial charge on any atom is -0.380 e. The normalized spacial score (nSPS) is 51.4. The van der Waals surface area contributed by atoms with Crippen LogP contribution in [-0.4, -0.2) is 26.4 Å². The number of ether oxygens (including phenoxy) is 2. The van der Waals surface area contributed by atoms with Gasteiger partial charge < -0.3 is 9.47 Å². The Balaban J connectivity index is 1.20. The summed E-state index contributed by atoms with van der Waals surface area (Å²) >= 11 is 0. The Bertz CT molecular complexity index is 447. The molecule has 5 rings (SSSR count). The van der Waals surface area contributed by atoms with Crippen LogP contribution in [0.25, 0.3) is 0 Å². The van der Waals surface area contributed by atoms with Crippen LogP contribution in [0.5, 0.6) is 0 Å². The Morgan fingerprint density at radius 1 is 1.10 bits per heavy atom. The van der Waals surface area contributed by atoms with Gasteiger partial charge in [-0.2, -0.15) is 0 Å². The zero-order valence-electron chi connectivity index (χ0n) is 13.2. The van der Waals surface area contributed by atoms with Crippen LogP contribution in [-0.2, 0) is 9.47 Å². The summed E-state index contributed by atoms with van der Waals surface area (Å²) in [5.41, 5.74) is 0.356. The average Bonchev–Trinajstić information content (AvgIpc) is 3.18. The first kappa shape index (κ1) is 13.1. The minimum atomic E-state index is 0.356. The molecule has 0 spiro atoms. The van der Waals surface area contributed by atoms with Gasteiger partial charge in [0.1, 0.15) is 0 Å². The largest absolute Gasteiger partial charge is 0.380 e. The van der Waals surface area contributed by atoms with Crippen LogP contribution in [0.15, 0.2) is 12.2 Å². The zero-order valence-corrected chi connectivity index (χ0v) is 13.2. The highest BCUT2D eigenvalue weighted by Gasteiger charge is 2.60. The van der Waals surface area contributed by atoms with Gasteiger partial charge in [0.15, 0.2) is 0 Å². The molecule has 2 heteroatoms. The minimum absolute atomic E-state index is 0.356. The highest BCUT2D eigenvalue weighted by Crippen LogP contribution is 2.66. The molecule has 5 aliphatic rings. The summed E-state index contributed by atoms with van der Waals surface area (Å²) in [6.07, 6.45) is 10.7. The maximum atomic E-state index is 6.20. The van der Waals surface area contributed by atoms with E-state index in [1.165, 1.54) is 25.7 Å². The quantitative estimate of drug-likeness (QED) is 0.569. The summed E-state index contributed by atoms with van der Waals surface area (Å²) in [7, 11) is 0. The summed E-state index contributed by atoms with van der Waals surface area (Å²) in [4.78, 5) is 0. The molecule has 0 aromatic carbocycles. The lowest BCUT2D eigenvalue weighted by atomic mass is 9.69. The molecule has 0 amide bonds. The molecule has 7 unspecified atom stereocenters. The number of hydrogen-bond acceptors (Lipinski definition) is 2. The van der Waals surface area contributed by atoms with Crippen LogP contribution >= 0.6 is 0 Å². The molecule has 1 aliphatic heterocycles. The number of rotatable bonds is 5. The summed E-state index contributed by atoms with van der Waals surface area (Å²) < 4.78 is 11.6. The van der Waals surface area contributed by atoms with Crippen molar-refractivity contribution in [3.63, 3.8) is 0 Å². The van der Waals surface area contributed by atoms with Crippen molar-refractivity contribution < 1.29 is 9.47 Å². The van der Waals surface area contributed by atoms with Crippen LogP contribution in [0.3, 0.4) is 0 Å². The first-order valence-corrected chi connectivity index (χ1v) is 9.13. The van der Waals surface area contributed by atoms with E-state index in [0.717, 1.165) is 67.9 Å². The van der Waals surface area contributed by atoms with Crippen molar-refractivity contribution in [2.45, 2.75) is 32.6 Å². The first-order valence-electron chi connectivity index (χ1n) is 9.13. The molecule has 0 aromatic rings. The summed E-state index contributed by atoms with van der Waals surface area (Å²) in [5, 5.41) is 0. The SMILES string of the molecule is CCC1(COCC2CC3CC2C2C4C=CC(C4)C32)COC1. The predicted octanol–water partition coefficient (Wildman–Crippen LogP) is 3.52. The molecule has 4 aliphatic carbocycles. The van der Waals surface area contributed by atoms with Crippen LogP contribution < -0.4 is 0 Å². The molecule has 1 heterocycles. The molecule has 0 radical (unpaired) electrons. The predicted molar refractivity (Wildman–Crippen MR) is 81.8 cm³/mol. The molecule has 2 nitrogen and oxygen atoms in total. The number of hydrogen-bond donors (Lipinski definition) is 0. The average molecular weight is 288 g/mol. The van der Waals surface area contributed by atoms with Gasteiger partial charge in [-0.05, 0) is 67.1 Å². The maximum Gasteiger partial charge on any atom is 0.0566 e. The van der Waals surface area contributed by atoms with Crippen LogP contribution in [0.4, 0.5) is 0 Å². The molecule has 4 fully saturated rings. The topological polar surface area (TPSA) is 18.5 Å². The smallest absolute Gasteiger partial charge is 0.0566 e. The van der Waals surface area contributed by atoms with E-state index in [-0.39, 0.29) is 0 Å². The van der Waals surface area contributed by atoms with E-state index >= 15 is 0 Å². The molecule has 7 atom stereocenters. The first-order chi connectivity index (χ1) is 10.3. The third-order valence-corrected chi connectivity index (χ3v) is 7.71. The van der Waals surface area contributed by atoms with E-state index in [1.807, 2.05) is 0 Å². The monoisotopic (exact) mass is 288 g/mol. The van der Waals surface area contributed by atoms with Gasteiger partial charge in [0.25, 0.3) is 0 Å². The van der Waals surface area contributed by atoms with Crippen molar-refractivity contribution in [3.8, 4) is 0 Å². The molecule has 0 N–H and O–H groups in total. The Kier molecular flexibility index (Phi) is 2.86. The Labute approximate surface area is 128 Å². The second-order valence-electron chi connectivity index (χ2n) is 8.62. The van der Waals surface area contributed by atoms with Crippen molar-refractivity contribution in [3.05, 3.63) is 12.2 Å². The standard InChI is InChI=1S/C19H28O2/c1-2-19(10-21-11-19)9-20-8-15-6-14-7-16(15)18-13-4-3-12(5-13)17(14)18/h3-4,12-18H,2,5-11H2,1H3. The van der Waals surface area contributed by atoms with Crippen molar-refractivity contribution in [2.75, 3.05) is 26.4 Å². The van der Waals surface area contributed by atoms with Crippen molar-refractivity contribution in [2.24, 2.45) is 46.8 Å². The molecule has 3 saturated carbocycles. The van der Waals surface area contributed by atoms with Crippen molar-refractivity contribution in [1.29, 1.82) is 0 Å². The van der Waals surface area contributed by atoms with Crippen LogP contribution in [0, 0.1) is 46.8 Å². The molecule has 0 aromatic heterocycles. The lowest BCUT2D eigenvalue weighted by molar-refractivity contribution is -0.154. The fourth-order valence-electron chi connectivity index (χ4n) is 6.55. The summed E-state index contributed by atoms with van der Waals surface area (Å²) in [6, 6.07) is 0. The van der Waals surface area contributed by atoms with E-state index in [2.05, 4.69) is 19.1 Å². The summed E-state index contributed by atoms with van der Waals surface area (Å²) in [5.74, 6) is 6.84. The van der Waals surface area contributed by atoms with Gasteiger partial charge in [0.2, 0.25) is 0 Å². The molecular formula is C19H28O2. The molecule has 1 saturated heterocycles. The second-order valence-corrected chi connectivity index (χ2v) is 8.62. The Morgan fingerprint density at radius 3 is 2.62 bits per heavy atom. The van der Waals surface area contributed by atoms with E-state index in [4.69, 9.17) is 9.47 Å². The lowest BCUT2D eigenvalue weighted by Gasteiger charge is -2.41. The fourth-order valence-corrected chi connectivity index (χ4v) is 6.55. The van der Waals surface area contributed by atoms with Gasteiger partial charge >= 0.3 is 0 Å². The summed E-state index contributed by atoms with van der Waals surface area (Å²) in [6.45, 7) is 6.05. The van der Waals surface area contributed by atoms with E-state index < -0.39 is 0 Å². The fraction of sp³-hybridized carbons (Fsp3) is 0.895. The molecule has 4 bridgehead atoms. The van der Waals surface area contributed by atoms with Gasteiger partial charge in [-0.1, -0.05) is 19.1 Å². The maximum absolute atomic E-state index is 6.20. The second kappa shape index (κ2) is 4.58. The lowest BCUT2D eigenvalue weighted by Crippen LogP contribution is -2.46. The van der Waals surface area contributed by atoms with Gasteiger partial charge in [-0.15, -0.1) is 0 Å². The third kappa shape index (κ3) is 1.78. The molecular weight excluding hydrogens is 260 g/mol. The molecule has 116 valence electrons. The van der Waals surface area contributed by atoms with Gasteiger partial charge in [0.05, 0.1) is 19.8 Å². The van der Waals surface area contributed by atoms with Crippen LogP contribution in [0.2, 0.25) is 0 Å². The van der Waals surface area contributed by atoms with Crippen molar-refractivity contribution >= 4 is 0 Å². The van der Waals surface area contributed by atoms with E-state index in [1.54, 1.807) is 0 Å². The Hall–Kier alpha value is -0.340. The van der Waals surface area contributed by atoms with Gasteiger partial charge in [-0.25, -0.2) is 0 Å². The van der Waals surface area contributed by atoms with E-state index in [9.17, 15) is 0 Å². The number of allylic oxidation sites excluding steroid dienone is 2. The highest BCUT2D eigenvalue weighted by molar-refractivity contribution is 5.20. The van der Waals surface area contributed by atoms with Crippen LogP contribution in [0.1, 0.15) is 32.6 Å². The Morgan fingerprint density at radius 2 is 1.90 bits per heavy atom. The zero-order chi connectivity index (χ0) is 14.0. The van der Waals surface area contributed by atoms with Gasteiger partial charge in [-0.3, -0.25) is 0 Å². The van der Waals surface area contributed by atoms with Crippen molar-refractivity contribution in [1.82, 2.24) is 0 Å². The third-order valence-electron chi connectivity index (χ3n) is 7.71. The molecule has 21 heavy (non-hydrogen) atoms. The highest BCUT2D eigenvalue weighted by atomic mass is 16.5. The van der Waals surface area contributed by atoms with E-state index in [0.29, 0.717) is 5.41 Å². The number of fused-ring (bicyclic) bond motifs is 9. The van der Waals surface area contributed by atoms with Gasteiger partial charge in [0, 0.05) is 12.0 Å².